The molecule has 2 rings (SSSR count). The van der Waals surface area contributed by atoms with Gasteiger partial charge in [0, 0.05) is 6.54 Å². The van der Waals surface area contributed by atoms with Crippen molar-refractivity contribution in [1.29, 1.82) is 0 Å². The molecule has 1 saturated heterocycles. The van der Waals surface area contributed by atoms with E-state index in [2.05, 4.69) is 17.6 Å². The molecule has 3 heteroatoms. The lowest BCUT2D eigenvalue weighted by molar-refractivity contribution is -0.123. The highest BCUT2D eigenvalue weighted by Crippen LogP contribution is 2.37. The van der Waals surface area contributed by atoms with Crippen molar-refractivity contribution in [3.63, 3.8) is 0 Å². The maximum absolute atomic E-state index is 12.0. The fourth-order valence-corrected chi connectivity index (χ4v) is 3.17. The predicted octanol–water partition coefficient (Wildman–Crippen LogP) is 1.68. The number of nitrogens with one attached hydrogen (secondary N) is 2. The van der Waals surface area contributed by atoms with Crippen LogP contribution >= 0.6 is 0 Å². The Morgan fingerprint density at radius 2 is 2.25 bits per heavy atom. The predicted molar refractivity (Wildman–Crippen MR) is 65.2 cm³/mol. The van der Waals surface area contributed by atoms with E-state index in [9.17, 15) is 4.79 Å². The molecular weight excluding hydrogens is 200 g/mol. The van der Waals surface area contributed by atoms with Crippen molar-refractivity contribution in [3.05, 3.63) is 0 Å². The van der Waals surface area contributed by atoms with Crippen LogP contribution in [0.1, 0.15) is 45.4 Å². The smallest absolute Gasteiger partial charge is 0.237 e. The number of hydrogen-bond donors (Lipinski definition) is 2. The first-order valence-corrected chi connectivity index (χ1v) is 6.84. The molecular formula is C13H24N2O. The maximum Gasteiger partial charge on any atom is 0.237 e. The number of carbonyl (C=O) groups is 1. The minimum absolute atomic E-state index is 0.106. The third-order valence-electron chi connectivity index (χ3n) is 4.11. The molecule has 92 valence electrons. The Balaban J connectivity index is 1.72. The van der Waals surface area contributed by atoms with Gasteiger partial charge in [0.15, 0.2) is 0 Å². The topological polar surface area (TPSA) is 41.1 Å². The minimum Gasteiger partial charge on any atom is -0.355 e. The third-order valence-corrected chi connectivity index (χ3v) is 4.11. The first kappa shape index (κ1) is 11.9. The molecule has 0 spiro atoms. The van der Waals surface area contributed by atoms with Crippen molar-refractivity contribution < 1.29 is 4.79 Å². The fourth-order valence-electron chi connectivity index (χ4n) is 3.17. The van der Waals surface area contributed by atoms with E-state index in [1.54, 1.807) is 0 Å². The highest BCUT2D eigenvalue weighted by Gasteiger charge is 2.42. The van der Waals surface area contributed by atoms with Crippen LogP contribution in [-0.4, -0.2) is 25.0 Å². The number of carbonyl (C=O) groups excluding carboxylic acids is 1. The van der Waals surface area contributed by atoms with Gasteiger partial charge in [0.25, 0.3) is 0 Å². The Labute approximate surface area is 98.4 Å². The number of hydrogen-bond acceptors (Lipinski definition) is 2. The van der Waals surface area contributed by atoms with Crippen molar-refractivity contribution in [3.8, 4) is 0 Å². The summed E-state index contributed by atoms with van der Waals surface area (Å²) < 4.78 is 0. The molecule has 1 heterocycles. The van der Waals surface area contributed by atoms with Crippen LogP contribution in [0.25, 0.3) is 0 Å². The van der Waals surface area contributed by atoms with Crippen LogP contribution in [-0.2, 0) is 4.79 Å². The minimum atomic E-state index is 0.106. The second-order valence-electron chi connectivity index (χ2n) is 5.24. The first-order chi connectivity index (χ1) is 7.83. The summed E-state index contributed by atoms with van der Waals surface area (Å²) in [5.41, 5.74) is 0. The second kappa shape index (κ2) is 5.67. The van der Waals surface area contributed by atoms with E-state index >= 15 is 0 Å². The van der Waals surface area contributed by atoms with Crippen molar-refractivity contribution in [2.75, 3.05) is 13.1 Å². The molecule has 1 amide bonds. The summed E-state index contributed by atoms with van der Waals surface area (Å²) >= 11 is 0. The van der Waals surface area contributed by atoms with Gasteiger partial charge in [-0.1, -0.05) is 26.2 Å². The molecule has 2 N–H and O–H groups in total. The van der Waals surface area contributed by atoms with E-state index in [4.69, 9.17) is 0 Å². The zero-order valence-electron chi connectivity index (χ0n) is 10.3. The Morgan fingerprint density at radius 1 is 1.38 bits per heavy atom. The average Bonchev–Trinajstić information content (AvgIpc) is 2.85. The van der Waals surface area contributed by atoms with Gasteiger partial charge in [-0.15, -0.1) is 0 Å². The highest BCUT2D eigenvalue weighted by atomic mass is 16.2. The van der Waals surface area contributed by atoms with Crippen molar-refractivity contribution in [2.24, 2.45) is 11.8 Å². The summed E-state index contributed by atoms with van der Waals surface area (Å²) in [6.07, 6.45) is 7.41. The van der Waals surface area contributed by atoms with E-state index < -0.39 is 0 Å². The van der Waals surface area contributed by atoms with Gasteiger partial charge in [0.05, 0.1) is 6.04 Å². The van der Waals surface area contributed by atoms with Gasteiger partial charge < -0.3 is 10.6 Å². The van der Waals surface area contributed by atoms with E-state index in [1.807, 2.05) is 0 Å². The second-order valence-corrected chi connectivity index (χ2v) is 5.24. The molecule has 3 atom stereocenters. The lowest BCUT2D eigenvalue weighted by Gasteiger charge is -2.17. The summed E-state index contributed by atoms with van der Waals surface area (Å²) in [6.45, 7) is 4.09. The zero-order chi connectivity index (χ0) is 11.4. The van der Waals surface area contributed by atoms with Gasteiger partial charge in [-0.25, -0.2) is 0 Å². The van der Waals surface area contributed by atoms with Crippen LogP contribution in [0.15, 0.2) is 0 Å². The Hall–Kier alpha value is -0.570. The van der Waals surface area contributed by atoms with E-state index in [1.165, 1.54) is 32.1 Å². The lowest BCUT2D eigenvalue weighted by atomic mass is 9.93. The third kappa shape index (κ3) is 2.57. The number of rotatable bonds is 5. The Morgan fingerprint density at radius 3 is 3.06 bits per heavy atom. The first-order valence-electron chi connectivity index (χ1n) is 6.84. The molecule has 0 aromatic rings. The van der Waals surface area contributed by atoms with Crippen LogP contribution < -0.4 is 10.6 Å². The number of unbranched alkanes of at least 4 members (excludes halogenated alkanes) is 2. The van der Waals surface area contributed by atoms with Gasteiger partial charge in [-0.2, -0.15) is 0 Å². The summed E-state index contributed by atoms with van der Waals surface area (Å²) in [4.78, 5) is 12.0. The molecule has 2 aliphatic rings. The quantitative estimate of drug-likeness (QED) is 0.698. The molecule has 0 bridgehead atoms. The lowest BCUT2D eigenvalue weighted by Crippen LogP contribution is -2.44. The SMILES string of the molecule is CCCCCNC(=O)C1NCC2CCCC21. The molecule has 16 heavy (non-hydrogen) atoms. The molecule has 1 aliphatic heterocycles. The molecule has 0 radical (unpaired) electrons. The van der Waals surface area contributed by atoms with Crippen LogP contribution in [0, 0.1) is 11.8 Å². The largest absolute Gasteiger partial charge is 0.355 e. The Bertz CT molecular complexity index is 242. The molecule has 3 unspecified atom stereocenters. The molecule has 1 aliphatic carbocycles. The van der Waals surface area contributed by atoms with Gasteiger partial charge in [-0.3, -0.25) is 4.79 Å². The molecule has 1 saturated carbocycles. The van der Waals surface area contributed by atoms with Crippen molar-refractivity contribution in [2.45, 2.75) is 51.5 Å². The summed E-state index contributed by atoms with van der Waals surface area (Å²) in [6, 6.07) is 0.106. The van der Waals surface area contributed by atoms with E-state index in [0.29, 0.717) is 5.92 Å². The van der Waals surface area contributed by atoms with Crippen LogP contribution in [0.2, 0.25) is 0 Å². The standard InChI is InChI=1S/C13H24N2O/c1-2-3-4-8-14-13(16)12-11-7-5-6-10(11)9-15-12/h10-12,15H,2-9H2,1H3,(H,14,16). The van der Waals surface area contributed by atoms with Crippen LogP contribution in [0.4, 0.5) is 0 Å². The molecule has 2 fully saturated rings. The molecule has 3 nitrogen and oxygen atoms in total. The number of amides is 1. The number of fused-ring (bicyclic) bond motifs is 1. The van der Waals surface area contributed by atoms with Crippen LogP contribution in [0.3, 0.4) is 0 Å². The van der Waals surface area contributed by atoms with Crippen molar-refractivity contribution >= 4 is 5.91 Å². The summed E-state index contributed by atoms with van der Waals surface area (Å²) in [7, 11) is 0. The van der Waals surface area contributed by atoms with E-state index in [-0.39, 0.29) is 11.9 Å². The van der Waals surface area contributed by atoms with E-state index in [0.717, 1.165) is 25.4 Å². The normalized spacial score (nSPS) is 32.7. The Kier molecular flexibility index (Phi) is 4.22. The highest BCUT2D eigenvalue weighted by molar-refractivity contribution is 5.82. The monoisotopic (exact) mass is 224 g/mol. The van der Waals surface area contributed by atoms with Crippen molar-refractivity contribution in [1.82, 2.24) is 10.6 Å². The molecule has 0 aromatic carbocycles. The zero-order valence-corrected chi connectivity index (χ0v) is 10.3. The van der Waals surface area contributed by atoms with Gasteiger partial charge >= 0.3 is 0 Å². The summed E-state index contributed by atoms with van der Waals surface area (Å²) in [5, 5.41) is 6.46. The molecule has 0 aromatic heterocycles. The van der Waals surface area contributed by atoms with Gasteiger partial charge in [0.2, 0.25) is 5.91 Å². The maximum atomic E-state index is 12.0. The van der Waals surface area contributed by atoms with Gasteiger partial charge in [-0.05, 0) is 37.6 Å². The summed E-state index contributed by atoms with van der Waals surface area (Å²) in [5.74, 6) is 1.63. The fraction of sp³-hybridized carbons (Fsp3) is 0.923. The average molecular weight is 224 g/mol. The van der Waals surface area contributed by atoms with Gasteiger partial charge in [0.1, 0.15) is 0 Å². The van der Waals surface area contributed by atoms with Crippen LogP contribution in [0.5, 0.6) is 0 Å².